The largest absolute Gasteiger partial charge is 0.573 e. The molecule has 6 nitrogen and oxygen atoms in total. The van der Waals surface area contributed by atoms with Crippen LogP contribution in [-0.2, 0) is 0 Å². The molecule has 2 aromatic carbocycles. The minimum Gasteiger partial charge on any atom is -0.406 e. The minimum atomic E-state index is -4.77. The number of aromatic amines is 1. The maximum Gasteiger partial charge on any atom is 0.573 e. The number of benzene rings is 2. The highest BCUT2D eigenvalue weighted by atomic mass is 19.4. The number of nitrogen functional groups attached to an aromatic ring is 1. The molecule has 0 radical (unpaired) electrons. The van der Waals surface area contributed by atoms with Crippen molar-refractivity contribution in [3.05, 3.63) is 65.0 Å². The second-order valence-corrected chi connectivity index (χ2v) is 5.62. The van der Waals surface area contributed by atoms with E-state index in [1.807, 2.05) is 18.2 Å². The first kappa shape index (κ1) is 16.0. The normalized spacial score (nSPS) is 12.0. The molecule has 0 spiro atoms. The summed E-state index contributed by atoms with van der Waals surface area (Å²) in [6.45, 7) is 0. The number of nitrogens with one attached hydrogen (secondary N) is 1. The van der Waals surface area contributed by atoms with Gasteiger partial charge in [0.1, 0.15) is 5.75 Å². The third-order valence-corrected chi connectivity index (χ3v) is 3.94. The first-order chi connectivity index (χ1) is 12.3. The smallest absolute Gasteiger partial charge is 0.406 e. The molecule has 0 saturated carbocycles. The molecule has 3 N–H and O–H groups in total. The van der Waals surface area contributed by atoms with Crippen LogP contribution in [0, 0.1) is 0 Å². The molecule has 0 saturated heterocycles. The van der Waals surface area contributed by atoms with E-state index in [-0.39, 0.29) is 11.3 Å². The van der Waals surface area contributed by atoms with Crippen LogP contribution >= 0.6 is 0 Å². The Balaban J connectivity index is 1.86. The van der Waals surface area contributed by atoms with E-state index in [4.69, 9.17) is 5.73 Å². The Morgan fingerprint density at radius 1 is 1.04 bits per heavy atom. The molecule has 0 aliphatic heterocycles. The first-order valence-corrected chi connectivity index (χ1v) is 7.54. The van der Waals surface area contributed by atoms with Gasteiger partial charge < -0.3 is 10.5 Å². The molecule has 132 valence electrons. The van der Waals surface area contributed by atoms with Crippen LogP contribution in [0.4, 0.5) is 18.9 Å². The van der Waals surface area contributed by atoms with Gasteiger partial charge in [0.05, 0.1) is 0 Å². The van der Waals surface area contributed by atoms with Gasteiger partial charge in [0.15, 0.2) is 11.2 Å². The quantitative estimate of drug-likeness (QED) is 0.539. The van der Waals surface area contributed by atoms with Crippen molar-refractivity contribution < 1.29 is 22.4 Å². The number of aromatic nitrogens is 3. The molecule has 4 rings (SSSR count). The predicted octanol–water partition coefficient (Wildman–Crippen LogP) is 2.54. The van der Waals surface area contributed by atoms with Crippen molar-refractivity contribution in [1.29, 1.82) is 0 Å². The number of H-pyrrole nitrogens is 1. The number of halogens is 3. The van der Waals surface area contributed by atoms with Gasteiger partial charge in [-0.1, -0.05) is 22.0 Å². The van der Waals surface area contributed by atoms with Gasteiger partial charge in [-0.2, -0.15) is 0 Å². The van der Waals surface area contributed by atoms with Gasteiger partial charge in [-0.15, -0.1) is 17.7 Å². The molecular formula is C17H12F3N4O2+. The van der Waals surface area contributed by atoms with Crippen LogP contribution in [0.3, 0.4) is 0 Å². The van der Waals surface area contributed by atoms with Crippen molar-refractivity contribution in [3.8, 4) is 11.4 Å². The summed E-state index contributed by atoms with van der Waals surface area (Å²) in [5.41, 5.74) is 7.47. The summed E-state index contributed by atoms with van der Waals surface area (Å²) in [4.78, 5) is 12.7. The molecule has 0 amide bonds. The van der Waals surface area contributed by atoms with Gasteiger partial charge in [-0.05, 0) is 36.4 Å². The van der Waals surface area contributed by atoms with Gasteiger partial charge in [-0.3, -0.25) is 0 Å². The first-order valence-electron chi connectivity index (χ1n) is 7.54. The number of rotatable bonds is 2. The second kappa shape index (κ2) is 5.51. The third-order valence-electron chi connectivity index (χ3n) is 3.94. The van der Waals surface area contributed by atoms with Crippen LogP contribution in [0.25, 0.3) is 22.1 Å². The highest BCUT2D eigenvalue weighted by Gasteiger charge is 2.31. The summed E-state index contributed by atoms with van der Waals surface area (Å²) in [6, 6.07) is 13.8. The number of hydrogen-bond donors (Lipinski definition) is 2. The number of pyridine rings is 1. The predicted molar refractivity (Wildman–Crippen MR) is 88.2 cm³/mol. The molecule has 4 aromatic rings. The third kappa shape index (κ3) is 2.63. The Morgan fingerprint density at radius 3 is 2.42 bits per heavy atom. The summed E-state index contributed by atoms with van der Waals surface area (Å²) in [6.07, 6.45) is -4.77. The van der Waals surface area contributed by atoms with E-state index in [0.717, 1.165) is 17.5 Å². The Hall–Kier alpha value is -3.49. The van der Waals surface area contributed by atoms with E-state index < -0.39 is 6.36 Å². The average Bonchev–Trinajstić information content (AvgIpc) is 2.92. The van der Waals surface area contributed by atoms with Crippen LogP contribution in [-0.4, -0.2) is 16.3 Å². The topological polar surface area (TPSA) is 77.1 Å². The zero-order valence-corrected chi connectivity index (χ0v) is 13.1. The lowest BCUT2D eigenvalue weighted by Gasteiger charge is -2.08. The Labute approximate surface area is 143 Å². The zero-order valence-electron chi connectivity index (χ0n) is 13.1. The molecule has 0 unspecified atom stereocenters. The molecule has 9 heteroatoms. The Kier molecular flexibility index (Phi) is 3.39. The summed E-state index contributed by atoms with van der Waals surface area (Å²) < 4.78 is 43.4. The lowest BCUT2D eigenvalue weighted by atomic mass is 10.2. The van der Waals surface area contributed by atoms with E-state index in [0.29, 0.717) is 22.4 Å². The van der Waals surface area contributed by atoms with Crippen molar-refractivity contribution in [3.63, 3.8) is 0 Å². The standard InChI is InChI=1S/C17H11F3N4O2/c18-17(19,20)26-11-7-5-10(6-8-11)23-16(25)15-9-13(21)12-3-1-2-4-14(12)24(15)22-23/h1-9,21-22H/p+1. The van der Waals surface area contributed by atoms with E-state index in [2.05, 4.69) is 9.95 Å². The maximum atomic E-state index is 12.7. The highest BCUT2D eigenvalue weighted by Crippen LogP contribution is 2.23. The number of fused-ring (bicyclic) bond motifs is 3. The lowest BCUT2D eigenvalue weighted by molar-refractivity contribution is -0.555. The molecule has 0 atom stereocenters. The molecule has 0 bridgehead atoms. The summed E-state index contributed by atoms with van der Waals surface area (Å²) in [5, 5.41) is 3.69. The summed E-state index contributed by atoms with van der Waals surface area (Å²) >= 11 is 0. The SMILES string of the molecule is Nc1cc2c(=O)n(-c3ccc(OC(F)(F)F)cc3)[nH][n+]2c2ccccc12. The second-order valence-electron chi connectivity index (χ2n) is 5.62. The van der Waals surface area contributed by atoms with Crippen LogP contribution in [0.5, 0.6) is 5.75 Å². The minimum absolute atomic E-state index is 0.316. The monoisotopic (exact) mass is 361 g/mol. The van der Waals surface area contributed by atoms with Gasteiger partial charge in [0.2, 0.25) is 5.52 Å². The summed E-state index contributed by atoms with van der Waals surface area (Å²) in [7, 11) is 0. The fourth-order valence-electron chi connectivity index (χ4n) is 2.83. The van der Waals surface area contributed by atoms with Crippen LogP contribution < -0.4 is 20.5 Å². The van der Waals surface area contributed by atoms with E-state index in [9.17, 15) is 18.0 Å². The van der Waals surface area contributed by atoms with Crippen molar-refractivity contribution in [2.24, 2.45) is 0 Å². The van der Waals surface area contributed by atoms with Crippen molar-refractivity contribution in [2.45, 2.75) is 6.36 Å². The number of para-hydroxylation sites is 1. The number of anilines is 1. The molecule has 26 heavy (non-hydrogen) atoms. The van der Waals surface area contributed by atoms with Crippen molar-refractivity contribution >= 4 is 22.1 Å². The van der Waals surface area contributed by atoms with Gasteiger partial charge in [0.25, 0.3) is 0 Å². The highest BCUT2D eigenvalue weighted by molar-refractivity contribution is 5.89. The number of nitrogens with two attached hydrogens (primary N) is 1. The molecule has 0 aliphatic carbocycles. The van der Waals surface area contributed by atoms with Crippen LogP contribution in [0.2, 0.25) is 0 Å². The number of hydrogen-bond acceptors (Lipinski definition) is 3. The van der Waals surface area contributed by atoms with E-state index in [1.54, 1.807) is 16.6 Å². The van der Waals surface area contributed by atoms with Gasteiger partial charge >= 0.3 is 11.9 Å². The Bertz CT molecular complexity index is 1180. The number of nitrogens with zero attached hydrogens (tertiary/aromatic N) is 2. The number of alkyl halides is 3. The van der Waals surface area contributed by atoms with Gasteiger partial charge in [0, 0.05) is 17.1 Å². The molecule has 2 heterocycles. The van der Waals surface area contributed by atoms with Gasteiger partial charge in [-0.25, -0.2) is 4.79 Å². The van der Waals surface area contributed by atoms with Crippen LogP contribution in [0.15, 0.2) is 59.4 Å². The molecule has 0 aliphatic rings. The number of ether oxygens (including phenoxy) is 1. The summed E-state index contributed by atoms with van der Waals surface area (Å²) in [5.74, 6) is -0.368. The van der Waals surface area contributed by atoms with E-state index >= 15 is 0 Å². The molecule has 0 fully saturated rings. The van der Waals surface area contributed by atoms with E-state index in [1.165, 1.54) is 16.8 Å². The Morgan fingerprint density at radius 2 is 1.73 bits per heavy atom. The van der Waals surface area contributed by atoms with Crippen molar-refractivity contribution in [2.75, 3.05) is 5.73 Å². The van der Waals surface area contributed by atoms with Crippen molar-refractivity contribution in [1.82, 2.24) is 9.90 Å². The van der Waals surface area contributed by atoms with Crippen LogP contribution in [0.1, 0.15) is 0 Å². The lowest BCUT2D eigenvalue weighted by Crippen LogP contribution is -2.26. The zero-order chi connectivity index (χ0) is 18.5. The molecule has 2 aromatic heterocycles. The fourth-order valence-corrected chi connectivity index (χ4v) is 2.83. The maximum absolute atomic E-state index is 12.7. The fraction of sp³-hybridized carbons (Fsp3) is 0.0588. The average molecular weight is 361 g/mol. The molecular weight excluding hydrogens is 349 g/mol.